The number of aromatic carboxylic acids is 1. The molecule has 5 heteroatoms. The molecule has 3 rings (SSSR count). The lowest BCUT2D eigenvalue weighted by Crippen LogP contribution is -2.30. The maximum atomic E-state index is 12.3. The number of nitrogens with zero attached hydrogens (tertiary/aromatic N) is 1. The van der Waals surface area contributed by atoms with Crippen LogP contribution in [0.1, 0.15) is 27.2 Å². The van der Waals surface area contributed by atoms with Gasteiger partial charge in [0.15, 0.2) is 0 Å². The van der Waals surface area contributed by atoms with Gasteiger partial charge in [0.2, 0.25) is 5.91 Å². The molecule has 0 spiro atoms. The van der Waals surface area contributed by atoms with Crippen molar-refractivity contribution in [2.45, 2.75) is 19.3 Å². The van der Waals surface area contributed by atoms with Crippen LogP contribution in [0, 0.1) is 5.92 Å². The van der Waals surface area contributed by atoms with E-state index < -0.39 is 5.97 Å². The monoisotopic (exact) mass is 329 g/mol. The Morgan fingerprint density at radius 3 is 2.87 bits per heavy atom. The van der Waals surface area contributed by atoms with Gasteiger partial charge in [-0.2, -0.15) is 0 Å². The molecule has 0 unspecified atom stereocenters. The maximum Gasteiger partial charge on any atom is 0.335 e. The zero-order valence-electron chi connectivity index (χ0n) is 12.8. The Bertz CT molecular complexity index is 696. The molecule has 1 aliphatic rings. The quantitative estimate of drug-likeness (QED) is 0.917. The van der Waals surface area contributed by atoms with E-state index in [2.05, 4.69) is 0 Å². The molecule has 1 saturated heterocycles. The van der Waals surface area contributed by atoms with Crippen LogP contribution in [0.5, 0.6) is 0 Å². The average molecular weight is 329 g/mol. The van der Waals surface area contributed by atoms with E-state index in [0.717, 1.165) is 36.4 Å². The first-order valence-corrected chi connectivity index (χ1v) is 8.62. The third-order valence-electron chi connectivity index (χ3n) is 4.24. The molecular weight excluding hydrogens is 310 g/mol. The second-order valence-electron chi connectivity index (χ2n) is 5.96. The average Bonchev–Trinajstić information content (AvgIpc) is 3.19. The van der Waals surface area contributed by atoms with Crippen LogP contribution in [0.4, 0.5) is 0 Å². The van der Waals surface area contributed by atoms with Crippen LogP contribution in [-0.4, -0.2) is 35.0 Å². The summed E-state index contributed by atoms with van der Waals surface area (Å²) in [5.74, 6) is -0.299. The number of carbonyl (C=O) groups is 2. The second-order valence-corrected chi connectivity index (χ2v) is 6.99. The molecule has 0 bridgehead atoms. The molecule has 1 atom stereocenters. The summed E-state index contributed by atoms with van der Waals surface area (Å²) in [7, 11) is 0. The lowest BCUT2D eigenvalue weighted by Gasteiger charge is -2.16. The SMILES string of the molecule is O=C(O)c1cccc(C[C@@H]2CCN(C(=O)Cc3cccs3)C2)c1. The molecule has 4 nitrogen and oxygen atoms in total. The summed E-state index contributed by atoms with van der Waals surface area (Å²) in [4.78, 5) is 26.4. The summed E-state index contributed by atoms with van der Waals surface area (Å²) >= 11 is 1.61. The van der Waals surface area contributed by atoms with Crippen molar-refractivity contribution in [3.63, 3.8) is 0 Å². The van der Waals surface area contributed by atoms with E-state index in [9.17, 15) is 9.59 Å². The van der Waals surface area contributed by atoms with Crippen LogP contribution in [0.15, 0.2) is 41.8 Å². The van der Waals surface area contributed by atoms with Crippen molar-refractivity contribution in [1.82, 2.24) is 4.90 Å². The molecule has 120 valence electrons. The molecule has 2 heterocycles. The molecule has 0 radical (unpaired) electrons. The lowest BCUT2D eigenvalue weighted by molar-refractivity contribution is -0.129. The molecule has 1 N–H and O–H groups in total. The Labute approximate surface area is 139 Å². The summed E-state index contributed by atoms with van der Waals surface area (Å²) in [5, 5.41) is 11.0. The van der Waals surface area contributed by atoms with Crippen LogP contribution in [0.2, 0.25) is 0 Å². The van der Waals surface area contributed by atoms with Crippen molar-refractivity contribution in [3.05, 3.63) is 57.8 Å². The fourth-order valence-corrected chi connectivity index (χ4v) is 3.76. The predicted molar refractivity (Wildman–Crippen MR) is 89.8 cm³/mol. The molecule has 0 aliphatic carbocycles. The van der Waals surface area contributed by atoms with Crippen molar-refractivity contribution in [2.75, 3.05) is 13.1 Å². The second kappa shape index (κ2) is 6.96. The fraction of sp³-hybridized carbons (Fsp3) is 0.333. The number of hydrogen-bond acceptors (Lipinski definition) is 3. The highest BCUT2D eigenvalue weighted by Crippen LogP contribution is 2.22. The first-order chi connectivity index (χ1) is 11.1. The van der Waals surface area contributed by atoms with Gasteiger partial charge in [-0.05, 0) is 47.9 Å². The van der Waals surface area contributed by atoms with Gasteiger partial charge in [0.25, 0.3) is 0 Å². The number of hydrogen-bond donors (Lipinski definition) is 1. The van der Waals surface area contributed by atoms with E-state index in [1.54, 1.807) is 29.5 Å². The molecule has 1 amide bonds. The molecule has 1 aromatic heterocycles. The van der Waals surface area contributed by atoms with E-state index >= 15 is 0 Å². The van der Waals surface area contributed by atoms with Gasteiger partial charge in [0.1, 0.15) is 0 Å². The first-order valence-electron chi connectivity index (χ1n) is 7.74. The summed E-state index contributed by atoms with van der Waals surface area (Å²) in [6, 6.07) is 11.1. The molecule has 2 aromatic rings. The van der Waals surface area contributed by atoms with Crippen LogP contribution < -0.4 is 0 Å². The number of thiophene rings is 1. The number of likely N-dealkylation sites (tertiary alicyclic amines) is 1. The summed E-state index contributed by atoms with van der Waals surface area (Å²) in [6.45, 7) is 1.56. The third kappa shape index (κ3) is 3.99. The van der Waals surface area contributed by atoms with Crippen LogP contribution >= 0.6 is 11.3 Å². The molecule has 1 aliphatic heterocycles. The predicted octanol–water partition coefficient (Wildman–Crippen LogP) is 3.08. The molecule has 0 saturated carbocycles. The van der Waals surface area contributed by atoms with Gasteiger partial charge in [0, 0.05) is 18.0 Å². The van der Waals surface area contributed by atoms with Gasteiger partial charge < -0.3 is 10.0 Å². The van der Waals surface area contributed by atoms with Crippen LogP contribution in [0.3, 0.4) is 0 Å². The standard InChI is InChI=1S/C18H19NO3S/c20-17(11-16-5-2-8-23-16)19-7-6-14(12-19)9-13-3-1-4-15(10-13)18(21)22/h1-5,8,10,14H,6-7,9,11-12H2,(H,21,22)/t14-/m0/s1. The maximum absolute atomic E-state index is 12.3. The Hall–Kier alpha value is -2.14. The van der Waals surface area contributed by atoms with Crippen LogP contribution in [0.25, 0.3) is 0 Å². The summed E-state index contributed by atoms with van der Waals surface area (Å²) < 4.78 is 0. The van der Waals surface area contributed by atoms with E-state index in [-0.39, 0.29) is 5.91 Å². The highest BCUT2D eigenvalue weighted by molar-refractivity contribution is 7.10. The highest BCUT2D eigenvalue weighted by Gasteiger charge is 2.26. The fourth-order valence-electron chi connectivity index (χ4n) is 3.06. The largest absolute Gasteiger partial charge is 0.478 e. The van der Waals surface area contributed by atoms with Gasteiger partial charge in [-0.15, -0.1) is 11.3 Å². The normalized spacial score (nSPS) is 17.4. The topological polar surface area (TPSA) is 57.6 Å². The minimum absolute atomic E-state index is 0.189. The van der Waals surface area contributed by atoms with Gasteiger partial charge >= 0.3 is 5.97 Å². The first kappa shape index (κ1) is 15.7. The van der Waals surface area contributed by atoms with E-state index in [4.69, 9.17) is 5.11 Å². The van der Waals surface area contributed by atoms with Crippen molar-refractivity contribution < 1.29 is 14.7 Å². The Kier molecular flexibility index (Phi) is 4.76. The zero-order valence-corrected chi connectivity index (χ0v) is 13.6. The Morgan fingerprint density at radius 1 is 1.26 bits per heavy atom. The van der Waals surface area contributed by atoms with Gasteiger partial charge in [0.05, 0.1) is 12.0 Å². The minimum atomic E-state index is -0.897. The van der Waals surface area contributed by atoms with Gasteiger partial charge in [-0.25, -0.2) is 4.79 Å². The smallest absolute Gasteiger partial charge is 0.335 e. The van der Waals surface area contributed by atoms with Gasteiger partial charge in [-0.1, -0.05) is 18.2 Å². The van der Waals surface area contributed by atoms with Gasteiger partial charge in [-0.3, -0.25) is 4.79 Å². The number of carboxylic acids is 1. The van der Waals surface area contributed by atoms with Crippen molar-refractivity contribution in [1.29, 1.82) is 0 Å². The van der Waals surface area contributed by atoms with E-state index in [1.807, 2.05) is 28.5 Å². The van der Waals surface area contributed by atoms with Crippen molar-refractivity contribution >= 4 is 23.2 Å². The minimum Gasteiger partial charge on any atom is -0.478 e. The van der Waals surface area contributed by atoms with Crippen LogP contribution in [-0.2, 0) is 17.6 Å². The Balaban J connectivity index is 1.56. The molecule has 1 aromatic carbocycles. The number of amides is 1. The molecule has 1 fully saturated rings. The van der Waals surface area contributed by atoms with Crippen molar-refractivity contribution in [2.24, 2.45) is 5.92 Å². The lowest BCUT2D eigenvalue weighted by atomic mass is 9.97. The zero-order chi connectivity index (χ0) is 16.2. The number of carboxylic acid groups (broad SMARTS) is 1. The number of rotatable bonds is 5. The number of benzene rings is 1. The Morgan fingerprint density at radius 2 is 2.13 bits per heavy atom. The van der Waals surface area contributed by atoms with E-state index in [1.165, 1.54) is 0 Å². The molecule has 23 heavy (non-hydrogen) atoms. The highest BCUT2D eigenvalue weighted by atomic mass is 32.1. The van der Waals surface area contributed by atoms with E-state index in [0.29, 0.717) is 17.9 Å². The number of carbonyl (C=O) groups excluding carboxylic acids is 1. The third-order valence-corrected chi connectivity index (χ3v) is 5.12. The van der Waals surface area contributed by atoms with Crippen molar-refractivity contribution in [3.8, 4) is 0 Å². The summed E-state index contributed by atoms with van der Waals surface area (Å²) in [6.07, 6.45) is 2.29. The summed E-state index contributed by atoms with van der Waals surface area (Å²) in [5.41, 5.74) is 1.36. The molecular formula is C18H19NO3S.